The second-order valence-electron chi connectivity index (χ2n) is 14.9. The summed E-state index contributed by atoms with van der Waals surface area (Å²) in [5.41, 5.74) is 14.4. The molecule has 11 aromatic rings. The smallest absolute Gasteiger partial charge is 0.143 e. The summed E-state index contributed by atoms with van der Waals surface area (Å²) in [6, 6.07) is 80.7. The molecule has 0 saturated carbocycles. The molecule has 0 atom stereocenters. The molecule has 0 saturated heterocycles. The van der Waals surface area contributed by atoms with Crippen LogP contribution in [-0.2, 0) is 0 Å². The topological polar surface area (TPSA) is 16.4 Å². The van der Waals surface area contributed by atoms with Crippen molar-refractivity contribution in [1.29, 1.82) is 0 Å². The van der Waals surface area contributed by atoms with Gasteiger partial charge in [-0.15, -0.1) is 0 Å². The lowest BCUT2D eigenvalue weighted by Crippen LogP contribution is -2.11. The predicted octanol–water partition coefficient (Wildman–Crippen LogP) is 16.0. The van der Waals surface area contributed by atoms with Gasteiger partial charge in [0.15, 0.2) is 0 Å². The number of hydrogen-bond acceptors (Lipinski definition) is 2. The summed E-state index contributed by atoms with van der Waals surface area (Å²) in [5.74, 6) is 0. The molecule has 0 aliphatic heterocycles. The van der Waals surface area contributed by atoms with Crippen LogP contribution >= 0.6 is 0 Å². The van der Waals surface area contributed by atoms with Gasteiger partial charge in [0.1, 0.15) is 11.2 Å². The third-order valence-electron chi connectivity index (χ3n) is 11.5. The maximum absolute atomic E-state index is 6.43. The van der Waals surface area contributed by atoms with Gasteiger partial charge in [-0.1, -0.05) is 182 Å². The van der Waals surface area contributed by atoms with Crippen LogP contribution in [0, 0.1) is 0 Å². The molecule has 0 amide bonds. The molecule has 0 bridgehead atoms. The Morgan fingerprint density at radius 1 is 0.293 bits per heavy atom. The fraction of sp³-hybridized carbons (Fsp3) is 0. The van der Waals surface area contributed by atoms with Crippen molar-refractivity contribution in [2.45, 2.75) is 0 Å². The first-order chi connectivity index (χ1) is 28.7. The number of hydrogen-bond donors (Lipinski definition) is 0. The number of fused-ring (bicyclic) bond motifs is 5. The van der Waals surface area contributed by atoms with Crippen molar-refractivity contribution in [1.82, 2.24) is 0 Å². The number of rotatable bonds is 7. The Morgan fingerprint density at radius 3 is 1.59 bits per heavy atom. The molecule has 0 fully saturated rings. The average molecular weight is 740 g/mol. The van der Waals surface area contributed by atoms with E-state index in [-0.39, 0.29) is 0 Å². The monoisotopic (exact) mass is 739 g/mol. The molecule has 0 radical (unpaired) electrons. The standard InChI is InChI=1S/C56H37NO/c1-2-13-44-37-45(28-25-38(44)11-1)50-16-5-7-21-54(50)57(47-35-31-43(32-36-47)51-19-10-20-53-52-17-6-8-22-55(52)58-56(51)53)46-33-29-40(30-34-46)39-23-26-42(27-24-39)49-18-9-14-41-12-3-4-15-48(41)49/h1-37H. The van der Waals surface area contributed by atoms with Crippen LogP contribution in [0.2, 0.25) is 0 Å². The van der Waals surface area contributed by atoms with Crippen LogP contribution in [0.5, 0.6) is 0 Å². The number of benzene rings is 10. The minimum absolute atomic E-state index is 0.905. The molecule has 0 unspecified atom stereocenters. The lowest BCUT2D eigenvalue weighted by atomic mass is 9.96. The lowest BCUT2D eigenvalue weighted by Gasteiger charge is -2.28. The van der Waals surface area contributed by atoms with Crippen molar-refractivity contribution < 1.29 is 4.42 Å². The molecule has 11 rings (SSSR count). The second kappa shape index (κ2) is 14.1. The fourth-order valence-electron chi connectivity index (χ4n) is 8.58. The van der Waals surface area contributed by atoms with E-state index < -0.39 is 0 Å². The quantitative estimate of drug-likeness (QED) is 0.162. The summed E-state index contributed by atoms with van der Waals surface area (Å²) in [6.07, 6.45) is 0. The largest absolute Gasteiger partial charge is 0.455 e. The molecule has 58 heavy (non-hydrogen) atoms. The SMILES string of the molecule is c1ccc(N(c2ccc(-c3ccc(-c4cccc5ccccc45)cc3)cc2)c2ccc(-c3cccc4c3oc3ccccc34)cc2)c(-c2ccc3ccccc3c2)c1. The predicted molar refractivity (Wildman–Crippen MR) is 245 cm³/mol. The zero-order valence-electron chi connectivity index (χ0n) is 31.7. The fourth-order valence-corrected chi connectivity index (χ4v) is 8.58. The summed E-state index contributed by atoms with van der Waals surface area (Å²) in [6.45, 7) is 0. The molecule has 272 valence electrons. The minimum Gasteiger partial charge on any atom is -0.455 e. The number of furan rings is 1. The summed E-state index contributed by atoms with van der Waals surface area (Å²) in [5, 5.41) is 7.25. The Kier molecular flexibility index (Phi) is 8.19. The third-order valence-corrected chi connectivity index (χ3v) is 11.5. The van der Waals surface area contributed by atoms with Gasteiger partial charge in [-0.05, 0) is 97.4 Å². The molecular formula is C56H37NO. The van der Waals surface area contributed by atoms with Gasteiger partial charge >= 0.3 is 0 Å². The van der Waals surface area contributed by atoms with Crippen LogP contribution in [-0.4, -0.2) is 0 Å². The van der Waals surface area contributed by atoms with E-state index in [0.717, 1.165) is 55.7 Å². The number of para-hydroxylation sites is 3. The number of anilines is 3. The number of nitrogens with zero attached hydrogens (tertiary/aromatic N) is 1. The minimum atomic E-state index is 0.905. The van der Waals surface area contributed by atoms with E-state index in [0.29, 0.717) is 0 Å². The van der Waals surface area contributed by atoms with Gasteiger partial charge in [0.25, 0.3) is 0 Å². The first kappa shape index (κ1) is 33.6. The van der Waals surface area contributed by atoms with Gasteiger partial charge in [0, 0.05) is 33.3 Å². The Hall–Kier alpha value is -7.68. The summed E-state index contributed by atoms with van der Waals surface area (Å²) in [4.78, 5) is 2.38. The maximum atomic E-state index is 6.43. The highest BCUT2D eigenvalue weighted by molar-refractivity contribution is 6.09. The lowest BCUT2D eigenvalue weighted by molar-refractivity contribution is 0.670. The van der Waals surface area contributed by atoms with Crippen LogP contribution in [0.1, 0.15) is 0 Å². The molecule has 10 aromatic carbocycles. The van der Waals surface area contributed by atoms with E-state index in [1.165, 1.54) is 49.4 Å². The van der Waals surface area contributed by atoms with Gasteiger partial charge in [-0.3, -0.25) is 0 Å². The van der Waals surface area contributed by atoms with Gasteiger partial charge in [-0.25, -0.2) is 0 Å². The van der Waals surface area contributed by atoms with Crippen molar-refractivity contribution in [2.24, 2.45) is 0 Å². The second-order valence-corrected chi connectivity index (χ2v) is 14.9. The first-order valence-corrected chi connectivity index (χ1v) is 19.8. The Bertz CT molecular complexity index is 3260. The zero-order valence-corrected chi connectivity index (χ0v) is 31.7. The average Bonchev–Trinajstić information content (AvgIpc) is 3.69. The maximum Gasteiger partial charge on any atom is 0.143 e. The van der Waals surface area contributed by atoms with Crippen molar-refractivity contribution in [2.75, 3.05) is 4.90 Å². The van der Waals surface area contributed by atoms with E-state index in [2.05, 4.69) is 217 Å². The molecule has 0 aliphatic rings. The highest BCUT2D eigenvalue weighted by Gasteiger charge is 2.19. The van der Waals surface area contributed by atoms with Crippen LogP contribution in [0.25, 0.3) is 88.0 Å². The van der Waals surface area contributed by atoms with Gasteiger partial charge in [0.2, 0.25) is 0 Å². The summed E-state index contributed by atoms with van der Waals surface area (Å²) in [7, 11) is 0. The van der Waals surface area contributed by atoms with E-state index in [1.54, 1.807) is 0 Å². The molecule has 1 heterocycles. The third kappa shape index (κ3) is 5.91. The first-order valence-electron chi connectivity index (χ1n) is 19.8. The Labute approximate surface area is 337 Å². The van der Waals surface area contributed by atoms with Crippen molar-refractivity contribution in [3.05, 3.63) is 224 Å². The van der Waals surface area contributed by atoms with Crippen LogP contribution in [0.4, 0.5) is 17.1 Å². The van der Waals surface area contributed by atoms with Gasteiger partial charge in [-0.2, -0.15) is 0 Å². The van der Waals surface area contributed by atoms with Crippen LogP contribution < -0.4 is 4.90 Å². The molecule has 2 nitrogen and oxygen atoms in total. The molecule has 1 aromatic heterocycles. The van der Waals surface area contributed by atoms with Crippen LogP contribution in [0.3, 0.4) is 0 Å². The summed E-state index contributed by atoms with van der Waals surface area (Å²) >= 11 is 0. The molecule has 0 spiro atoms. The highest BCUT2D eigenvalue weighted by atomic mass is 16.3. The van der Waals surface area contributed by atoms with E-state index in [9.17, 15) is 0 Å². The zero-order chi connectivity index (χ0) is 38.4. The molecule has 2 heteroatoms. The summed E-state index contributed by atoms with van der Waals surface area (Å²) < 4.78 is 6.43. The normalized spacial score (nSPS) is 11.4. The van der Waals surface area contributed by atoms with Crippen molar-refractivity contribution >= 4 is 60.5 Å². The Morgan fingerprint density at radius 2 is 0.793 bits per heavy atom. The highest BCUT2D eigenvalue weighted by Crippen LogP contribution is 2.43. The van der Waals surface area contributed by atoms with Gasteiger partial charge in [0.05, 0.1) is 5.69 Å². The van der Waals surface area contributed by atoms with Crippen molar-refractivity contribution in [3.8, 4) is 44.5 Å². The van der Waals surface area contributed by atoms with Crippen molar-refractivity contribution in [3.63, 3.8) is 0 Å². The van der Waals surface area contributed by atoms with E-state index >= 15 is 0 Å². The molecular weight excluding hydrogens is 703 g/mol. The van der Waals surface area contributed by atoms with Crippen LogP contribution in [0.15, 0.2) is 229 Å². The molecule has 0 aliphatic carbocycles. The van der Waals surface area contributed by atoms with E-state index in [4.69, 9.17) is 4.42 Å². The van der Waals surface area contributed by atoms with E-state index in [1.807, 2.05) is 12.1 Å². The van der Waals surface area contributed by atoms with Gasteiger partial charge < -0.3 is 9.32 Å². The Balaban J connectivity index is 0.993. The molecule has 0 N–H and O–H groups in total.